The van der Waals surface area contributed by atoms with Crippen LogP contribution in [0.1, 0.15) is 43.2 Å². The Morgan fingerprint density at radius 2 is 1.94 bits per heavy atom. The molecule has 3 heteroatoms. The molecule has 0 amide bonds. The third kappa shape index (κ3) is 1.77. The second-order valence-corrected chi connectivity index (χ2v) is 5.59. The zero-order valence-corrected chi connectivity index (χ0v) is 11.0. The number of fused-ring (bicyclic) bond motifs is 1. The lowest BCUT2D eigenvalue weighted by atomic mass is 9.69. The zero-order chi connectivity index (χ0) is 12.6. The minimum Gasteiger partial charge on any atom is -0.454 e. The van der Waals surface area contributed by atoms with Gasteiger partial charge in [0.05, 0.1) is 0 Å². The number of hydrogen-bond acceptors (Lipinski definition) is 3. The van der Waals surface area contributed by atoms with Crippen LogP contribution in [0.5, 0.6) is 11.5 Å². The van der Waals surface area contributed by atoms with Crippen molar-refractivity contribution in [2.24, 2.45) is 5.73 Å². The summed E-state index contributed by atoms with van der Waals surface area (Å²) in [6.45, 7) is 3.15. The highest BCUT2D eigenvalue weighted by Gasteiger charge is 2.37. The van der Waals surface area contributed by atoms with Crippen molar-refractivity contribution >= 4 is 0 Å². The smallest absolute Gasteiger partial charge is 0.231 e. The van der Waals surface area contributed by atoms with Crippen LogP contribution < -0.4 is 15.2 Å². The third-order valence-electron chi connectivity index (χ3n) is 4.39. The number of benzene rings is 1. The van der Waals surface area contributed by atoms with Crippen LogP contribution >= 0.6 is 0 Å². The lowest BCUT2D eigenvalue weighted by Crippen LogP contribution is -2.37. The molecule has 1 aliphatic heterocycles. The Balaban J connectivity index is 2.09. The maximum atomic E-state index is 6.12. The number of aryl methyl sites for hydroxylation is 1. The van der Waals surface area contributed by atoms with Gasteiger partial charge in [0.2, 0.25) is 6.79 Å². The molecule has 1 aromatic carbocycles. The Morgan fingerprint density at radius 3 is 2.67 bits per heavy atom. The van der Waals surface area contributed by atoms with Crippen molar-refractivity contribution in [3.05, 3.63) is 23.3 Å². The van der Waals surface area contributed by atoms with Crippen LogP contribution in [0.4, 0.5) is 0 Å². The van der Waals surface area contributed by atoms with Gasteiger partial charge in [-0.1, -0.05) is 25.3 Å². The van der Waals surface area contributed by atoms with Crippen LogP contribution in [0.2, 0.25) is 0 Å². The van der Waals surface area contributed by atoms with Crippen molar-refractivity contribution in [2.45, 2.75) is 44.4 Å². The predicted molar refractivity (Wildman–Crippen MR) is 71.1 cm³/mol. The summed E-state index contributed by atoms with van der Waals surface area (Å²) < 4.78 is 11.2. The van der Waals surface area contributed by atoms with E-state index in [1.807, 2.05) is 0 Å². The average molecular weight is 247 g/mol. The van der Waals surface area contributed by atoms with E-state index in [1.165, 1.54) is 43.2 Å². The van der Waals surface area contributed by atoms with E-state index in [9.17, 15) is 0 Å². The van der Waals surface area contributed by atoms with Gasteiger partial charge in [0.15, 0.2) is 11.5 Å². The lowest BCUT2D eigenvalue weighted by molar-refractivity contribution is 0.170. The molecule has 0 saturated heterocycles. The van der Waals surface area contributed by atoms with Gasteiger partial charge in [-0.15, -0.1) is 0 Å². The Labute approximate surface area is 108 Å². The van der Waals surface area contributed by atoms with Crippen LogP contribution in [0.15, 0.2) is 12.1 Å². The molecule has 0 spiro atoms. The van der Waals surface area contributed by atoms with Gasteiger partial charge in [0, 0.05) is 17.5 Å². The maximum Gasteiger partial charge on any atom is 0.231 e. The van der Waals surface area contributed by atoms with Crippen molar-refractivity contribution < 1.29 is 9.47 Å². The van der Waals surface area contributed by atoms with Gasteiger partial charge in [0.1, 0.15) is 0 Å². The van der Waals surface area contributed by atoms with Crippen LogP contribution in [-0.4, -0.2) is 13.3 Å². The fraction of sp³-hybridized carbons (Fsp3) is 0.600. The summed E-state index contributed by atoms with van der Waals surface area (Å²) in [7, 11) is 0. The monoisotopic (exact) mass is 247 g/mol. The minimum absolute atomic E-state index is 0.0993. The molecular weight excluding hydrogens is 226 g/mol. The maximum absolute atomic E-state index is 6.12. The van der Waals surface area contributed by atoms with E-state index in [4.69, 9.17) is 15.2 Å². The first-order valence-corrected chi connectivity index (χ1v) is 6.86. The van der Waals surface area contributed by atoms with E-state index in [-0.39, 0.29) is 5.41 Å². The Morgan fingerprint density at radius 1 is 1.17 bits per heavy atom. The highest BCUT2D eigenvalue weighted by Crippen LogP contribution is 2.47. The van der Waals surface area contributed by atoms with E-state index < -0.39 is 0 Å². The van der Waals surface area contributed by atoms with Crippen molar-refractivity contribution in [1.29, 1.82) is 0 Å². The summed E-state index contributed by atoms with van der Waals surface area (Å²) in [6.07, 6.45) is 6.19. The number of hydrogen-bond donors (Lipinski definition) is 1. The topological polar surface area (TPSA) is 44.5 Å². The molecule has 2 N–H and O–H groups in total. The third-order valence-corrected chi connectivity index (χ3v) is 4.39. The van der Waals surface area contributed by atoms with Crippen LogP contribution in [0, 0.1) is 6.92 Å². The molecule has 0 radical (unpaired) electrons. The summed E-state index contributed by atoms with van der Waals surface area (Å²) in [5, 5.41) is 0. The first-order chi connectivity index (χ1) is 8.75. The average Bonchev–Trinajstić information content (AvgIpc) is 2.86. The first kappa shape index (κ1) is 11.8. The number of nitrogens with two attached hydrogens (primary N) is 1. The van der Waals surface area contributed by atoms with Gasteiger partial charge < -0.3 is 15.2 Å². The molecule has 0 atom stereocenters. The van der Waals surface area contributed by atoms with Crippen LogP contribution in [-0.2, 0) is 5.41 Å². The molecule has 0 aromatic heterocycles. The summed E-state index contributed by atoms with van der Waals surface area (Å²) >= 11 is 0. The molecule has 18 heavy (non-hydrogen) atoms. The van der Waals surface area contributed by atoms with Crippen LogP contribution in [0.25, 0.3) is 0 Å². The molecule has 1 saturated carbocycles. The second-order valence-electron chi connectivity index (χ2n) is 5.59. The van der Waals surface area contributed by atoms with E-state index >= 15 is 0 Å². The van der Waals surface area contributed by atoms with Crippen molar-refractivity contribution in [1.82, 2.24) is 0 Å². The molecule has 0 bridgehead atoms. The summed E-state index contributed by atoms with van der Waals surface area (Å²) in [5.74, 6) is 1.83. The number of ether oxygens (including phenoxy) is 2. The standard InChI is InChI=1S/C15H21NO2/c1-11-7-12(14-13(8-11)17-10-18-14)15(9-16)5-3-2-4-6-15/h7-8H,2-6,9-10,16H2,1H3. The molecule has 1 aliphatic carbocycles. The fourth-order valence-corrected chi connectivity index (χ4v) is 3.35. The predicted octanol–water partition coefficient (Wildman–Crippen LogP) is 2.88. The molecule has 3 nitrogen and oxygen atoms in total. The molecular formula is C15H21NO2. The molecule has 1 fully saturated rings. The fourth-order valence-electron chi connectivity index (χ4n) is 3.35. The zero-order valence-electron chi connectivity index (χ0n) is 11.0. The van der Waals surface area contributed by atoms with Crippen molar-refractivity contribution in [2.75, 3.05) is 13.3 Å². The molecule has 1 aromatic rings. The molecule has 2 aliphatic rings. The number of rotatable bonds is 2. The molecule has 1 heterocycles. The molecule has 0 unspecified atom stereocenters. The van der Waals surface area contributed by atoms with Crippen molar-refractivity contribution in [3.63, 3.8) is 0 Å². The van der Waals surface area contributed by atoms with E-state index in [1.54, 1.807) is 0 Å². The van der Waals surface area contributed by atoms with E-state index in [2.05, 4.69) is 19.1 Å². The van der Waals surface area contributed by atoms with E-state index in [0.29, 0.717) is 13.3 Å². The van der Waals surface area contributed by atoms with Crippen LogP contribution in [0.3, 0.4) is 0 Å². The highest BCUT2D eigenvalue weighted by atomic mass is 16.7. The Bertz CT molecular complexity index is 450. The molecule has 3 rings (SSSR count). The van der Waals surface area contributed by atoms with Crippen molar-refractivity contribution in [3.8, 4) is 11.5 Å². The Kier molecular flexibility index (Phi) is 2.94. The van der Waals surface area contributed by atoms with E-state index in [0.717, 1.165) is 11.5 Å². The second kappa shape index (κ2) is 4.47. The van der Waals surface area contributed by atoms with Gasteiger partial charge in [-0.2, -0.15) is 0 Å². The normalized spacial score (nSPS) is 21.0. The SMILES string of the molecule is Cc1cc2c(c(C3(CN)CCCCC3)c1)OCO2. The highest BCUT2D eigenvalue weighted by molar-refractivity contribution is 5.54. The summed E-state index contributed by atoms with van der Waals surface area (Å²) in [4.78, 5) is 0. The summed E-state index contributed by atoms with van der Waals surface area (Å²) in [5.41, 5.74) is 8.72. The Hall–Kier alpha value is -1.22. The minimum atomic E-state index is 0.0993. The summed E-state index contributed by atoms with van der Waals surface area (Å²) in [6, 6.07) is 4.30. The van der Waals surface area contributed by atoms with Gasteiger partial charge in [-0.3, -0.25) is 0 Å². The van der Waals surface area contributed by atoms with Gasteiger partial charge in [0.25, 0.3) is 0 Å². The lowest BCUT2D eigenvalue weighted by Gasteiger charge is -2.37. The quantitative estimate of drug-likeness (QED) is 0.874. The van der Waals surface area contributed by atoms with Gasteiger partial charge in [-0.25, -0.2) is 0 Å². The van der Waals surface area contributed by atoms with Gasteiger partial charge in [-0.05, 0) is 31.4 Å². The molecule has 98 valence electrons. The van der Waals surface area contributed by atoms with Gasteiger partial charge >= 0.3 is 0 Å². The first-order valence-electron chi connectivity index (χ1n) is 6.86. The largest absolute Gasteiger partial charge is 0.454 e.